The Hall–Kier alpha value is -1.46. The molecular weight excluding hydrogens is 283 g/mol. The molecule has 1 aliphatic heterocycles. The summed E-state index contributed by atoms with van der Waals surface area (Å²) < 4.78 is 13.2. The van der Waals surface area contributed by atoms with Crippen molar-refractivity contribution in [2.75, 3.05) is 24.5 Å². The molecule has 0 spiro atoms. The summed E-state index contributed by atoms with van der Waals surface area (Å²) in [7, 11) is 0. The number of hydrogen-bond acceptors (Lipinski definition) is 3. The van der Waals surface area contributed by atoms with Gasteiger partial charge in [-0.1, -0.05) is 11.6 Å². The molecule has 0 unspecified atom stereocenters. The summed E-state index contributed by atoms with van der Waals surface area (Å²) in [5.41, 5.74) is 0.451. The van der Waals surface area contributed by atoms with Crippen LogP contribution in [0.25, 0.3) is 0 Å². The van der Waals surface area contributed by atoms with Crippen molar-refractivity contribution in [3.05, 3.63) is 29.0 Å². The molecule has 0 aromatic heterocycles. The smallest absolute Gasteiger partial charge is 0.230 e. The Bertz CT molecular complexity index is 504. The molecule has 20 heavy (non-hydrogen) atoms. The molecule has 1 N–H and O–H groups in total. The van der Waals surface area contributed by atoms with Gasteiger partial charge in [0.2, 0.25) is 5.91 Å². The number of anilines is 1. The topological polar surface area (TPSA) is 49.4 Å². The third-order valence-electron chi connectivity index (χ3n) is 3.43. The first-order valence-corrected chi connectivity index (χ1v) is 6.92. The van der Waals surface area contributed by atoms with Crippen molar-refractivity contribution in [1.29, 1.82) is 0 Å². The highest BCUT2D eigenvalue weighted by Crippen LogP contribution is 2.25. The predicted molar refractivity (Wildman–Crippen MR) is 75.4 cm³/mol. The second-order valence-electron chi connectivity index (χ2n) is 4.74. The van der Waals surface area contributed by atoms with Crippen LogP contribution in [0.3, 0.4) is 0 Å². The van der Waals surface area contributed by atoms with Crippen molar-refractivity contribution >= 4 is 29.5 Å². The Kier molecular flexibility index (Phi) is 5.09. The van der Waals surface area contributed by atoms with Crippen molar-refractivity contribution in [2.45, 2.75) is 12.8 Å². The summed E-state index contributed by atoms with van der Waals surface area (Å²) >= 11 is 5.74. The van der Waals surface area contributed by atoms with Crippen LogP contribution >= 0.6 is 11.6 Å². The number of aldehydes is 1. The first kappa shape index (κ1) is 14.9. The number of nitrogens with one attached hydrogen (secondary N) is 1. The fraction of sp³-hybridized carbons (Fsp3) is 0.429. The van der Waals surface area contributed by atoms with Gasteiger partial charge in [-0.15, -0.1) is 0 Å². The van der Waals surface area contributed by atoms with Gasteiger partial charge in [-0.05, 0) is 44.1 Å². The fourth-order valence-corrected chi connectivity index (χ4v) is 2.51. The summed E-state index contributed by atoms with van der Waals surface area (Å²) in [5.74, 6) is -0.767. The highest BCUT2D eigenvalue weighted by Gasteiger charge is 2.26. The Balaban J connectivity index is 2.22. The number of nitrogens with zero attached hydrogens (tertiary/aromatic N) is 1. The van der Waals surface area contributed by atoms with E-state index >= 15 is 0 Å². The van der Waals surface area contributed by atoms with Crippen LogP contribution < -0.4 is 10.2 Å². The molecule has 0 aliphatic carbocycles. The number of carbonyl (C=O) groups excluding carboxylic acids is 2. The number of rotatable bonds is 4. The van der Waals surface area contributed by atoms with E-state index in [1.165, 1.54) is 23.1 Å². The molecule has 0 radical (unpaired) electrons. The lowest BCUT2D eigenvalue weighted by Gasteiger charge is -2.28. The Morgan fingerprint density at radius 2 is 2.15 bits per heavy atom. The quantitative estimate of drug-likeness (QED) is 0.865. The molecule has 1 saturated heterocycles. The number of carbonyl (C=O) groups is 2. The van der Waals surface area contributed by atoms with E-state index in [0.717, 1.165) is 25.9 Å². The molecule has 6 heteroatoms. The molecule has 1 amide bonds. The van der Waals surface area contributed by atoms with E-state index in [-0.39, 0.29) is 23.4 Å². The van der Waals surface area contributed by atoms with Gasteiger partial charge >= 0.3 is 0 Å². The van der Waals surface area contributed by atoms with Gasteiger partial charge in [0.25, 0.3) is 0 Å². The van der Waals surface area contributed by atoms with Crippen LogP contribution in [-0.4, -0.2) is 31.8 Å². The number of halogens is 2. The SMILES string of the molecule is O=CCN(C(=O)C1CCNCC1)c1ccc(F)c(Cl)c1. The van der Waals surface area contributed by atoms with E-state index in [4.69, 9.17) is 11.6 Å². The fourth-order valence-electron chi connectivity index (χ4n) is 2.34. The molecule has 1 fully saturated rings. The number of benzene rings is 1. The Labute approximate surface area is 121 Å². The monoisotopic (exact) mass is 298 g/mol. The molecule has 0 bridgehead atoms. The predicted octanol–water partition coefficient (Wildman–Crippen LogP) is 2.01. The first-order chi connectivity index (χ1) is 9.63. The lowest BCUT2D eigenvalue weighted by molar-refractivity contribution is -0.124. The molecule has 1 aromatic carbocycles. The van der Waals surface area contributed by atoms with Crippen molar-refractivity contribution in [1.82, 2.24) is 5.32 Å². The molecular formula is C14H16ClFN2O2. The van der Waals surface area contributed by atoms with E-state index in [1.54, 1.807) is 0 Å². The van der Waals surface area contributed by atoms with Gasteiger partial charge in [0.1, 0.15) is 12.1 Å². The minimum Gasteiger partial charge on any atom is -0.317 e. The van der Waals surface area contributed by atoms with E-state index in [1.807, 2.05) is 0 Å². The largest absolute Gasteiger partial charge is 0.317 e. The van der Waals surface area contributed by atoms with E-state index < -0.39 is 5.82 Å². The van der Waals surface area contributed by atoms with Gasteiger partial charge in [0.05, 0.1) is 11.6 Å². The van der Waals surface area contributed by atoms with Crippen LogP contribution in [0.4, 0.5) is 10.1 Å². The maximum Gasteiger partial charge on any atom is 0.230 e. The van der Waals surface area contributed by atoms with Crippen molar-refractivity contribution in [3.8, 4) is 0 Å². The lowest BCUT2D eigenvalue weighted by Crippen LogP contribution is -2.42. The number of hydrogen-bond donors (Lipinski definition) is 1. The summed E-state index contributed by atoms with van der Waals surface area (Å²) in [6, 6.07) is 4.04. The van der Waals surface area contributed by atoms with Gasteiger partial charge in [0, 0.05) is 11.6 Å². The van der Waals surface area contributed by atoms with Crippen LogP contribution in [0.1, 0.15) is 12.8 Å². The maximum atomic E-state index is 13.2. The molecule has 1 aromatic rings. The van der Waals surface area contributed by atoms with Gasteiger partial charge in [0.15, 0.2) is 0 Å². The summed E-state index contributed by atoms with van der Waals surface area (Å²) in [5, 5.41) is 3.13. The van der Waals surface area contributed by atoms with Gasteiger partial charge in [-0.25, -0.2) is 4.39 Å². The number of amides is 1. The van der Waals surface area contributed by atoms with Crippen LogP contribution in [-0.2, 0) is 9.59 Å². The maximum absolute atomic E-state index is 13.2. The van der Waals surface area contributed by atoms with Crippen molar-refractivity contribution in [2.24, 2.45) is 5.92 Å². The van der Waals surface area contributed by atoms with Crippen LogP contribution in [0, 0.1) is 11.7 Å². The normalized spacial score (nSPS) is 15.9. The van der Waals surface area contributed by atoms with E-state index in [2.05, 4.69) is 5.32 Å². The zero-order valence-corrected chi connectivity index (χ0v) is 11.7. The molecule has 0 saturated carbocycles. The van der Waals surface area contributed by atoms with Crippen LogP contribution in [0.15, 0.2) is 18.2 Å². The van der Waals surface area contributed by atoms with Gasteiger partial charge in [-0.2, -0.15) is 0 Å². The zero-order chi connectivity index (χ0) is 14.5. The highest BCUT2D eigenvalue weighted by molar-refractivity contribution is 6.31. The third kappa shape index (κ3) is 3.35. The average Bonchev–Trinajstić information content (AvgIpc) is 2.48. The molecule has 108 valence electrons. The van der Waals surface area contributed by atoms with Gasteiger partial charge in [-0.3, -0.25) is 4.79 Å². The molecule has 0 atom stereocenters. The molecule has 1 aliphatic rings. The van der Waals surface area contributed by atoms with Crippen molar-refractivity contribution < 1.29 is 14.0 Å². The third-order valence-corrected chi connectivity index (χ3v) is 3.72. The van der Waals surface area contributed by atoms with E-state index in [0.29, 0.717) is 12.0 Å². The molecule has 4 nitrogen and oxygen atoms in total. The lowest BCUT2D eigenvalue weighted by atomic mass is 9.96. The highest BCUT2D eigenvalue weighted by atomic mass is 35.5. The Morgan fingerprint density at radius 1 is 1.45 bits per heavy atom. The summed E-state index contributed by atoms with van der Waals surface area (Å²) in [6.45, 7) is 1.52. The summed E-state index contributed by atoms with van der Waals surface area (Å²) in [4.78, 5) is 24.7. The molecule has 2 rings (SSSR count). The van der Waals surface area contributed by atoms with Gasteiger partial charge < -0.3 is 15.0 Å². The minimum atomic E-state index is -0.546. The second-order valence-corrected chi connectivity index (χ2v) is 5.15. The standard InChI is InChI=1S/C14H16ClFN2O2/c15-12-9-11(1-2-13(12)16)18(7-8-19)14(20)10-3-5-17-6-4-10/h1-2,8-10,17H,3-7H2. The summed E-state index contributed by atoms with van der Waals surface area (Å²) in [6.07, 6.45) is 2.14. The zero-order valence-electron chi connectivity index (χ0n) is 10.9. The second kappa shape index (κ2) is 6.81. The minimum absolute atomic E-state index is 0.0509. The average molecular weight is 299 g/mol. The molecule has 1 heterocycles. The van der Waals surface area contributed by atoms with Crippen molar-refractivity contribution in [3.63, 3.8) is 0 Å². The Morgan fingerprint density at radius 3 is 2.75 bits per heavy atom. The number of piperidine rings is 1. The van der Waals surface area contributed by atoms with Crippen LogP contribution in [0.2, 0.25) is 5.02 Å². The first-order valence-electron chi connectivity index (χ1n) is 6.54. The van der Waals surface area contributed by atoms with E-state index in [9.17, 15) is 14.0 Å². The van der Waals surface area contributed by atoms with Crippen LogP contribution in [0.5, 0.6) is 0 Å².